The van der Waals surface area contributed by atoms with Gasteiger partial charge in [0.15, 0.2) is 0 Å². The molecule has 0 atom stereocenters. The largest absolute Gasteiger partial charge is 0.324 e. The highest BCUT2D eigenvalue weighted by atomic mass is 15.1. The molecule has 0 radical (unpaired) electrons. The van der Waals surface area contributed by atoms with Crippen LogP contribution in [0.3, 0.4) is 0 Å². The molecule has 2 heteroatoms. The van der Waals surface area contributed by atoms with Gasteiger partial charge >= 0.3 is 0 Å². The minimum Gasteiger partial charge on any atom is -0.324 e. The van der Waals surface area contributed by atoms with Crippen LogP contribution in [0.15, 0.2) is 134 Å². The van der Waals surface area contributed by atoms with Crippen molar-refractivity contribution >= 4 is 22.5 Å². The van der Waals surface area contributed by atoms with Crippen molar-refractivity contribution in [2.75, 3.05) is 9.80 Å². The highest BCUT2D eigenvalue weighted by Crippen LogP contribution is 2.20. The normalized spacial score (nSPS) is 15.2. The van der Waals surface area contributed by atoms with Gasteiger partial charge < -0.3 is 9.80 Å². The van der Waals surface area contributed by atoms with Crippen LogP contribution < -0.4 is 20.2 Å². The van der Waals surface area contributed by atoms with Crippen LogP contribution in [0.25, 0.3) is 11.1 Å². The molecule has 2 aliphatic heterocycles. The molecule has 0 bridgehead atoms. The highest BCUT2D eigenvalue weighted by molar-refractivity contribution is 5.74. The molecule has 2 nitrogen and oxygen atoms in total. The molecule has 5 rings (SSSR count). The second-order valence-electron chi connectivity index (χ2n) is 7.24. The summed E-state index contributed by atoms with van der Waals surface area (Å²) in [7, 11) is 0. The lowest BCUT2D eigenvalue weighted by molar-refractivity contribution is 1.26. The molecule has 3 aromatic carbocycles. The van der Waals surface area contributed by atoms with E-state index in [1.807, 2.05) is 12.1 Å². The van der Waals surface area contributed by atoms with E-state index in [9.17, 15) is 0 Å². The van der Waals surface area contributed by atoms with Gasteiger partial charge in [-0.15, -0.1) is 0 Å². The van der Waals surface area contributed by atoms with Gasteiger partial charge in [0.2, 0.25) is 0 Å². The maximum absolute atomic E-state index is 2.19. The van der Waals surface area contributed by atoms with Crippen LogP contribution in [-0.4, -0.2) is 0 Å². The molecular formula is C28H22N2. The second-order valence-corrected chi connectivity index (χ2v) is 7.24. The van der Waals surface area contributed by atoms with Crippen LogP contribution in [0.4, 0.5) is 11.4 Å². The number of para-hydroxylation sites is 2. The van der Waals surface area contributed by atoms with E-state index in [0.29, 0.717) is 0 Å². The van der Waals surface area contributed by atoms with Gasteiger partial charge in [-0.25, -0.2) is 0 Å². The standard InChI is InChI=1S/C28H22N2/c1-3-7-27(8-4-1)29-19-15-25(16-20-29)23-11-13-24(14-12-23)26-17-21-30(22-18-26)28-9-5-2-6-10-28/h1-22H. The van der Waals surface area contributed by atoms with Crippen LogP contribution in [0.1, 0.15) is 0 Å². The number of anilines is 2. The minimum absolute atomic E-state index is 1.16. The number of hydrogen-bond acceptors (Lipinski definition) is 2. The lowest BCUT2D eigenvalue weighted by Gasteiger charge is -2.19. The van der Waals surface area contributed by atoms with E-state index in [1.165, 1.54) is 21.6 Å². The average Bonchev–Trinajstić information content (AvgIpc) is 2.85. The molecule has 144 valence electrons. The number of nitrogens with zero attached hydrogens (tertiary/aromatic N) is 2. The zero-order valence-electron chi connectivity index (χ0n) is 16.6. The van der Waals surface area contributed by atoms with Gasteiger partial charge in [-0.05, 0) is 70.2 Å². The molecule has 30 heavy (non-hydrogen) atoms. The molecule has 2 aliphatic rings. The first kappa shape index (κ1) is 18.0. The van der Waals surface area contributed by atoms with Gasteiger partial charge in [0.25, 0.3) is 0 Å². The molecule has 0 saturated heterocycles. The third-order valence-electron chi connectivity index (χ3n) is 5.32. The SMILES string of the molecule is C1=CN(c2ccccc2)C=CC1=c1ccc(=C2C=CN(c3ccccc3)C=C2)cc1. The summed E-state index contributed by atoms with van der Waals surface area (Å²) in [6, 6.07) is 29.5. The van der Waals surface area contributed by atoms with E-state index in [4.69, 9.17) is 0 Å². The van der Waals surface area contributed by atoms with E-state index in [2.05, 4.69) is 132 Å². The smallest absolute Gasteiger partial charge is 0.0449 e. The van der Waals surface area contributed by atoms with Gasteiger partial charge in [-0.1, -0.05) is 60.7 Å². The fourth-order valence-electron chi connectivity index (χ4n) is 3.64. The Kier molecular flexibility index (Phi) is 4.89. The van der Waals surface area contributed by atoms with E-state index >= 15 is 0 Å². The Bertz CT molecular complexity index is 1120. The third kappa shape index (κ3) is 3.76. The molecule has 0 spiro atoms. The third-order valence-corrected chi connectivity index (χ3v) is 5.32. The number of allylic oxidation sites excluding steroid dienone is 4. The van der Waals surface area contributed by atoms with E-state index < -0.39 is 0 Å². The van der Waals surface area contributed by atoms with Crippen molar-refractivity contribution in [2.24, 2.45) is 0 Å². The summed E-state index contributed by atoms with van der Waals surface area (Å²) in [5, 5.41) is 2.43. The van der Waals surface area contributed by atoms with Crippen LogP contribution in [0.5, 0.6) is 0 Å². The second kappa shape index (κ2) is 8.14. The van der Waals surface area contributed by atoms with Gasteiger partial charge in [0.05, 0.1) is 0 Å². The van der Waals surface area contributed by atoms with Crippen LogP contribution in [-0.2, 0) is 0 Å². The van der Waals surface area contributed by atoms with Gasteiger partial charge in [0.1, 0.15) is 0 Å². The molecule has 2 heterocycles. The van der Waals surface area contributed by atoms with Crippen LogP contribution in [0.2, 0.25) is 0 Å². The molecular weight excluding hydrogens is 364 g/mol. The Hall–Kier alpha value is -4.04. The summed E-state index contributed by atoms with van der Waals surface area (Å²) >= 11 is 0. The zero-order chi connectivity index (χ0) is 20.2. The first-order valence-electron chi connectivity index (χ1n) is 10.1. The first-order chi connectivity index (χ1) is 14.9. The molecule has 3 aromatic rings. The fourth-order valence-corrected chi connectivity index (χ4v) is 3.64. The van der Waals surface area contributed by atoms with E-state index in [0.717, 1.165) is 11.4 Å². The first-order valence-corrected chi connectivity index (χ1v) is 10.1. The van der Waals surface area contributed by atoms with Crippen molar-refractivity contribution in [1.29, 1.82) is 0 Å². The van der Waals surface area contributed by atoms with Gasteiger partial charge in [-0.2, -0.15) is 0 Å². The molecule has 0 fully saturated rings. The summed E-state index contributed by atoms with van der Waals surface area (Å²) < 4.78 is 0. The van der Waals surface area contributed by atoms with Crippen molar-refractivity contribution in [3.05, 3.63) is 144 Å². The maximum Gasteiger partial charge on any atom is 0.0449 e. The highest BCUT2D eigenvalue weighted by Gasteiger charge is 2.05. The number of hydrogen-bond donors (Lipinski definition) is 0. The Labute approximate surface area is 177 Å². The monoisotopic (exact) mass is 386 g/mol. The Morgan fingerprint density at radius 1 is 0.367 bits per heavy atom. The molecule has 0 N–H and O–H groups in total. The Morgan fingerprint density at radius 3 is 1.03 bits per heavy atom. The van der Waals surface area contributed by atoms with E-state index in [-0.39, 0.29) is 0 Å². The topological polar surface area (TPSA) is 6.48 Å². The van der Waals surface area contributed by atoms with Crippen molar-refractivity contribution in [1.82, 2.24) is 0 Å². The zero-order valence-corrected chi connectivity index (χ0v) is 16.6. The predicted molar refractivity (Wildman–Crippen MR) is 127 cm³/mol. The van der Waals surface area contributed by atoms with Crippen molar-refractivity contribution in [3.8, 4) is 0 Å². The molecule has 0 unspecified atom stereocenters. The van der Waals surface area contributed by atoms with Gasteiger partial charge in [-0.3, -0.25) is 0 Å². The van der Waals surface area contributed by atoms with Crippen LogP contribution in [0, 0.1) is 0 Å². The fraction of sp³-hybridized carbons (Fsp3) is 0. The average molecular weight is 386 g/mol. The summed E-state index contributed by atoms with van der Waals surface area (Å²) in [6.07, 6.45) is 17.1. The van der Waals surface area contributed by atoms with E-state index in [1.54, 1.807) is 0 Å². The molecule has 0 amide bonds. The molecule has 0 aromatic heterocycles. The summed E-state index contributed by atoms with van der Waals surface area (Å²) in [5.41, 5.74) is 4.75. The predicted octanol–water partition coefficient (Wildman–Crippen LogP) is 5.08. The lowest BCUT2D eigenvalue weighted by atomic mass is 10.1. The summed E-state index contributed by atoms with van der Waals surface area (Å²) in [4.78, 5) is 4.26. The Morgan fingerprint density at radius 2 is 0.700 bits per heavy atom. The number of benzene rings is 3. The minimum atomic E-state index is 1.16. The van der Waals surface area contributed by atoms with Crippen molar-refractivity contribution in [2.45, 2.75) is 0 Å². The quantitative estimate of drug-likeness (QED) is 0.606. The Balaban J connectivity index is 1.38. The molecule has 0 aliphatic carbocycles. The maximum atomic E-state index is 2.19. The lowest BCUT2D eigenvalue weighted by Crippen LogP contribution is -2.16. The van der Waals surface area contributed by atoms with Crippen molar-refractivity contribution < 1.29 is 0 Å². The number of rotatable bonds is 2. The van der Waals surface area contributed by atoms with Crippen molar-refractivity contribution in [3.63, 3.8) is 0 Å². The summed E-state index contributed by atoms with van der Waals surface area (Å²) in [5.74, 6) is 0. The van der Waals surface area contributed by atoms with Crippen LogP contribution >= 0.6 is 0 Å². The van der Waals surface area contributed by atoms with Gasteiger partial charge in [0, 0.05) is 36.2 Å². The summed E-state index contributed by atoms with van der Waals surface area (Å²) in [6.45, 7) is 0. The molecule has 0 saturated carbocycles.